The van der Waals surface area contributed by atoms with Gasteiger partial charge in [0.2, 0.25) is 0 Å². The van der Waals surface area contributed by atoms with Crippen molar-refractivity contribution in [3.05, 3.63) is 38.9 Å². The van der Waals surface area contributed by atoms with E-state index in [0.29, 0.717) is 17.3 Å². The smallest absolute Gasteiger partial charge is 0.259 e. The molecule has 0 bridgehead atoms. The van der Waals surface area contributed by atoms with E-state index in [2.05, 4.69) is 9.97 Å². The third-order valence-corrected chi connectivity index (χ3v) is 3.33. The van der Waals surface area contributed by atoms with E-state index in [1.54, 1.807) is 0 Å². The first-order valence-electron chi connectivity index (χ1n) is 6.76. The molecule has 1 aromatic heterocycles. The van der Waals surface area contributed by atoms with Gasteiger partial charge in [-0.25, -0.2) is 8.78 Å². The number of fused-ring (bicyclic) bond motifs is 1. The predicted octanol–water partition coefficient (Wildman–Crippen LogP) is 2.70. The van der Waals surface area contributed by atoms with Gasteiger partial charge in [-0.1, -0.05) is 6.92 Å². The number of nitrogens with zero attached hydrogens (tertiary/aromatic N) is 1. The molecular weight excluding hydrogens is 312 g/mol. The summed E-state index contributed by atoms with van der Waals surface area (Å²) in [5.41, 5.74) is 0.265. The number of carbonyl (C=O) groups is 1. The van der Waals surface area contributed by atoms with Crippen molar-refractivity contribution in [2.24, 2.45) is 0 Å². The number of hydrogen-bond donors (Lipinski definition) is 2. The predicted molar refractivity (Wildman–Crippen MR) is 82.0 cm³/mol. The van der Waals surface area contributed by atoms with Crippen LogP contribution < -0.4 is 5.56 Å². The highest BCUT2D eigenvalue weighted by Crippen LogP contribution is 2.13. The molecule has 0 atom stereocenters. The van der Waals surface area contributed by atoms with Gasteiger partial charge in [0.25, 0.3) is 17.9 Å². The first-order chi connectivity index (χ1) is 10.4. The number of aromatic nitrogens is 2. The average molecular weight is 327 g/mol. The highest BCUT2D eigenvalue weighted by molar-refractivity contribution is 7.71. The molecule has 0 fully saturated rings. The van der Waals surface area contributed by atoms with Crippen molar-refractivity contribution in [2.45, 2.75) is 19.8 Å². The summed E-state index contributed by atoms with van der Waals surface area (Å²) in [6.07, 6.45) is -2.02. The van der Waals surface area contributed by atoms with Crippen molar-refractivity contribution in [1.29, 1.82) is 0 Å². The second kappa shape index (κ2) is 6.78. The first kappa shape index (κ1) is 16.3. The van der Waals surface area contributed by atoms with Gasteiger partial charge in [0, 0.05) is 12.1 Å². The van der Waals surface area contributed by atoms with E-state index in [0.717, 1.165) is 4.90 Å². The summed E-state index contributed by atoms with van der Waals surface area (Å²) >= 11 is 4.88. The number of benzene rings is 1. The maximum absolute atomic E-state index is 12.6. The monoisotopic (exact) mass is 327 g/mol. The van der Waals surface area contributed by atoms with Crippen molar-refractivity contribution in [3.63, 3.8) is 0 Å². The maximum Gasteiger partial charge on any atom is 0.259 e. The fourth-order valence-electron chi connectivity index (χ4n) is 2.20. The normalized spacial score (nSPS) is 11.1. The van der Waals surface area contributed by atoms with Crippen LogP contribution in [0.3, 0.4) is 0 Å². The Hall–Kier alpha value is -2.09. The summed E-state index contributed by atoms with van der Waals surface area (Å²) in [4.78, 5) is 30.4. The lowest BCUT2D eigenvalue weighted by atomic mass is 10.1. The fourth-order valence-corrected chi connectivity index (χ4v) is 2.40. The molecule has 0 aliphatic heterocycles. The molecule has 0 radical (unpaired) electrons. The van der Waals surface area contributed by atoms with Gasteiger partial charge in [0.05, 0.1) is 17.4 Å². The van der Waals surface area contributed by atoms with E-state index < -0.39 is 18.9 Å². The van der Waals surface area contributed by atoms with E-state index in [9.17, 15) is 18.4 Å². The Morgan fingerprint density at radius 2 is 2.09 bits per heavy atom. The molecule has 8 heteroatoms. The third kappa shape index (κ3) is 3.56. The van der Waals surface area contributed by atoms with Crippen LogP contribution in [-0.4, -0.2) is 40.3 Å². The van der Waals surface area contributed by atoms with Crippen molar-refractivity contribution < 1.29 is 13.6 Å². The zero-order valence-corrected chi connectivity index (χ0v) is 12.7. The van der Waals surface area contributed by atoms with Gasteiger partial charge in [-0.05, 0) is 36.8 Å². The van der Waals surface area contributed by atoms with Crippen LogP contribution in [0.15, 0.2) is 23.0 Å². The zero-order valence-electron chi connectivity index (χ0n) is 11.9. The van der Waals surface area contributed by atoms with Crippen LogP contribution in [0.1, 0.15) is 23.7 Å². The van der Waals surface area contributed by atoms with Gasteiger partial charge in [-0.3, -0.25) is 14.6 Å². The van der Waals surface area contributed by atoms with Gasteiger partial charge < -0.3 is 9.88 Å². The van der Waals surface area contributed by atoms with Gasteiger partial charge >= 0.3 is 0 Å². The Kier molecular flexibility index (Phi) is 5.02. The van der Waals surface area contributed by atoms with Crippen molar-refractivity contribution in [1.82, 2.24) is 14.9 Å². The number of rotatable bonds is 5. The molecule has 0 aliphatic rings. The first-order valence-corrected chi connectivity index (χ1v) is 7.17. The van der Waals surface area contributed by atoms with Crippen LogP contribution in [0.5, 0.6) is 0 Å². The molecule has 118 valence electrons. The highest BCUT2D eigenvalue weighted by atomic mass is 32.1. The second-order valence-corrected chi connectivity index (χ2v) is 5.22. The molecule has 0 saturated carbocycles. The SMILES string of the molecule is CCCN(CC(F)F)C(=O)c1ccc2c(=O)[nH]c(=S)[nH]c2c1. The van der Waals surface area contributed by atoms with Crippen LogP contribution in [-0.2, 0) is 0 Å². The summed E-state index contributed by atoms with van der Waals surface area (Å²) in [6, 6.07) is 4.38. The van der Waals surface area contributed by atoms with Gasteiger partial charge in [0.15, 0.2) is 4.77 Å². The van der Waals surface area contributed by atoms with Gasteiger partial charge in [-0.2, -0.15) is 0 Å². The van der Waals surface area contributed by atoms with Gasteiger partial charge in [-0.15, -0.1) is 0 Å². The molecule has 0 unspecified atom stereocenters. The molecule has 1 amide bonds. The summed E-state index contributed by atoms with van der Waals surface area (Å²) < 4.78 is 25.3. The number of H-pyrrole nitrogens is 2. The summed E-state index contributed by atoms with van der Waals surface area (Å²) in [6.45, 7) is 1.44. The highest BCUT2D eigenvalue weighted by Gasteiger charge is 2.19. The maximum atomic E-state index is 12.6. The third-order valence-electron chi connectivity index (χ3n) is 3.13. The molecule has 22 heavy (non-hydrogen) atoms. The molecule has 2 aromatic rings. The molecule has 0 spiro atoms. The van der Waals surface area contributed by atoms with Crippen molar-refractivity contribution in [3.8, 4) is 0 Å². The molecule has 0 aliphatic carbocycles. The van der Waals surface area contributed by atoms with Crippen LogP contribution in [0.2, 0.25) is 0 Å². The largest absolute Gasteiger partial charge is 0.333 e. The Bertz CT molecular complexity index is 801. The molecule has 1 heterocycles. The average Bonchev–Trinajstić information content (AvgIpc) is 2.44. The lowest BCUT2D eigenvalue weighted by Gasteiger charge is -2.21. The Morgan fingerprint density at radius 3 is 2.73 bits per heavy atom. The van der Waals surface area contributed by atoms with Crippen LogP contribution in [0.4, 0.5) is 8.78 Å². The van der Waals surface area contributed by atoms with E-state index in [-0.39, 0.29) is 22.4 Å². The standard InChI is InChI=1S/C14H15F2N3O2S/c1-2-5-19(7-11(15)16)13(21)8-3-4-9-10(6-8)17-14(22)18-12(9)20/h3-4,6,11H,2,5,7H2,1H3,(H2,17,18,20,22). The lowest BCUT2D eigenvalue weighted by Crippen LogP contribution is -2.35. The number of amides is 1. The topological polar surface area (TPSA) is 69.0 Å². The molecule has 5 nitrogen and oxygen atoms in total. The van der Waals surface area contributed by atoms with Gasteiger partial charge in [0.1, 0.15) is 0 Å². The Balaban J connectivity index is 2.42. The molecular formula is C14H15F2N3O2S. The summed E-state index contributed by atoms with van der Waals surface area (Å²) in [5, 5.41) is 0.348. The Morgan fingerprint density at radius 1 is 1.36 bits per heavy atom. The minimum Gasteiger partial charge on any atom is -0.333 e. The van der Waals surface area contributed by atoms with Crippen LogP contribution >= 0.6 is 12.2 Å². The molecule has 2 N–H and O–H groups in total. The van der Waals surface area contributed by atoms with Crippen LogP contribution in [0, 0.1) is 4.77 Å². The minimum atomic E-state index is -2.59. The van der Waals surface area contributed by atoms with Crippen molar-refractivity contribution >= 4 is 29.0 Å². The zero-order chi connectivity index (χ0) is 16.3. The number of carbonyl (C=O) groups excluding carboxylic acids is 1. The summed E-state index contributed by atoms with van der Waals surface area (Å²) in [7, 11) is 0. The van der Waals surface area contributed by atoms with E-state index in [1.807, 2.05) is 6.92 Å². The number of alkyl halides is 2. The molecule has 2 rings (SSSR count). The summed E-state index contributed by atoms with van der Waals surface area (Å²) in [5.74, 6) is -0.497. The molecule has 1 aromatic carbocycles. The fraction of sp³-hybridized carbons (Fsp3) is 0.357. The minimum absolute atomic E-state index is 0.139. The van der Waals surface area contributed by atoms with Crippen LogP contribution in [0.25, 0.3) is 10.9 Å². The number of nitrogens with one attached hydrogen (secondary N) is 2. The van der Waals surface area contributed by atoms with E-state index in [1.165, 1.54) is 18.2 Å². The lowest BCUT2D eigenvalue weighted by molar-refractivity contribution is 0.0555. The number of halogens is 2. The van der Waals surface area contributed by atoms with E-state index in [4.69, 9.17) is 12.2 Å². The van der Waals surface area contributed by atoms with Crippen molar-refractivity contribution in [2.75, 3.05) is 13.1 Å². The Labute approximate surface area is 130 Å². The van der Waals surface area contributed by atoms with E-state index >= 15 is 0 Å². The second-order valence-electron chi connectivity index (χ2n) is 4.81. The number of aromatic amines is 2. The molecule has 0 saturated heterocycles. The number of hydrogen-bond acceptors (Lipinski definition) is 3. The quantitative estimate of drug-likeness (QED) is 0.830.